The van der Waals surface area contributed by atoms with Crippen molar-refractivity contribution < 1.29 is 4.79 Å². The minimum absolute atomic E-state index is 0.0489. The van der Waals surface area contributed by atoms with E-state index in [1.165, 1.54) is 43.5 Å². The molecule has 0 aliphatic carbocycles. The highest BCUT2D eigenvalue weighted by Crippen LogP contribution is 2.22. The van der Waals surface area contributed by atoms with E-state index >= 15 is 0 Å². The number of carbonyl (C=O) groups is 1. The molecule has 2 saturated heterocycles. The Bertz CT molecular complexity index is 865. The Hall–Kier alpha value is -1.88. The van der Waals surface area contributed by atoms with Gasteiger partial charge >= 0.3 is 0 Å². The summed E-state index contributed by atoms with van der Waals surface area (Å²) in [5, 5.41) is 3.99. The number of hydrogen-bond donors (Lipinski definition) is 1. The van der Waals surface area contributed by atoms with Gasteiger partial charge in [-0.15, -0.1) is 0 Å². The topological polar surface area (TPSA) is 35.6 Å². The normalized spacial score (nSPS) is 20.5. The van der Waals surface area contributed by atoms with E-state index in [0.29, 0.717) is 6.54 Å². The van der Waals surface area contributed by atoms with Gasteiger partial charge in [-0.1, -0.05) is 60.5 Å². The molecule has 1 atom stereocenters. The Kier molecular flexibility index (Phi) is 8.01. The van der Waals surface area contributed by atoms with Crippen LogP contribution in [0.2, 0.25) is 5.02 Å². The largest absolute Gasteiger partial charge is 0.352 e. The summed E-state index contributed by atoms with van der Waals surface area (Å²) in [5.74, 6) is 0.220. The third kappa shape index (κ3) is 6.55. The SMILES string of the molecule is O=C(NCc1cccc(CN2CCCCC2)c1)[C@H]1CCCN(Cc2ccccc2Cl)C1. The van der Waals surface area contributed by atoms with Crippen molar-refractivity contribution >= 4 is 17.5 Å². The second kappa shape index (κ2) is 11.1. The van der Waals surface area contributed by atoms with Gasteiger partial charge in [-0.05, 0) is 68.1 Å². The average Bonchev–Trinajstić information content (AvgIpc) is 2.80. The number of hydrogen-bond acceptors (Lipinski definition) is 3. The molecule has 1 amide bonds. The lowest BCUT2D eigenvalue weighted by atomic mass is 9.96. The lowest BCUT2D eigenvalue weighted by Crippen LogP contribution is -2.42. The van der Waals surface area contributed by atoms with Crippen molar-refractivity contribution in [1.29, 1.82) is 0 Å². The molecule has 2 aromatic carbocycles. The van der Waals surface area contributed by atoms with Crippen LogP contribution in [0, 0.1) is 5.92 Å². The zero-order chi connectivity index (χ0) is 21.5. The molecule has 31 heavy (non-hydrogen) atoms. The minimum atomic E-state index is 0.0489. The van der Waals surface area contributed by atoms with E-state index in [-0.39, 0.29) is 11.8 Å². The fraction of sp³-hybridized carbons (Fsp3) is 0.500. The summed E-state index contributed by atoms with van der Waals surface area (Å²) < 4.78 is 0. The smallest absolute Gasteiger partial charge is 0.224 e. The molecule has 2 aliphatic rings. The fourth-order valence-electron chi connectivity index (χ4n) is 4.83. The second-order valence-electron chi connectivity index (χ2n) is 9.04. The zero-order valence-corrected chi connectivity index (χ0v) is 19.1. The monoisotopic (exact) mass is 439 g/mol. The highest BCUT2D eigenvalue weighted by molar-refractivity contribution is 6.31. The maximum Gasteiger partial charge on any atom is 0.224 e. The first-order valence-electron chi connectivity index (χ1n) is 11.7. The van der Waals surface area contributed by atoms with Gasteiger partial charge in [0.2, 0.25) is 5.91 Å². The van der Waals surface area contributed by atoms with E-state index < -0.39 is 0 Å². The van der Waals surface area contributed by atoms with Crippen LogP contribution in [-0.2, 0) is 24.4 Å². The summed E-state index contributed by atoms with van der Waals surface area (Å²) in [6.07, 6.45) is 5.99. The highest BCUT2D eigenvalue weighted by atomic mass is 35.5. The predicted octanol–water partition coefficient (Wildman–Crippen LogP) is 4.85. The number of piperidine rings is 2. The van der Waals surface area contributed by atoms with Crippen LogP contribution in [0.3, 0.4) is 0 Å². The van der Waals surface area contributed by atoms with E-state index in [2.05, 4.69) is 45.4 Å². The van der Waals surface area contributed by atoms with E-state index in [1.807, 2.05) is 18.2 Å². The molecule has 0 aromatic heterocycles. The van der Waals surface area contributed by atoms with Crippen molar-refractivity contribution in [2.24, 2.45) is 5.92 Å². The molecule has 2 aromatic rings. The Balaban J connectivity index is 1.27. The standard InChI is InChI=1S/C26H34ClN3O/c27-25-12-3-2-10-23(25)19-30-15-7-11-24(20-30)26(31)28-17-21-8-6-9-22(16-21)18-29-13-4-1-5-14-29/h2-3,6,8-10,12,16,24H,1,4-5,7,11,13-15,17-20H2,(H,28,31)/t24-/m0/s1. The Morgan fingerprint density at radius 2 is 1.68 bits per heavy atom. The lowest BCUT2D eigenvalue weighted by molar-refractivity contribution is -0.126. The third-order valence-electron chi connectivity index (χ3n) is 6.54. The van der Waals surface area contributed by atoms with Crippen LogP contribution in [0.25, 0.3) is 0 Å². The summed E-state index contributed by atoms with van der Waals surface area (Å²) in [5.41, 5.74) is 3.67. The Labute approximate surface area is 191 Å². The molecule has 0 spiro atoms. The first-order chi connectivity index (χ1) is 15.2. The molecule has 2 heterocycles. The molecule has 2 fully saturated rings. The molecule has 166 valence electrons. The number of likely N-dealkylation sites (tertiary alicyclic amines) is 2. The van der Waals surface area contributed by atoms with Gasteiger partial charge in [0, 0.05) is 31.2 Å². The van der Waals surface area contributed by atoms with Crippen LogP contribution in [0.15, 0.2) is 48.5 Å². The zero-order valence-electron chi connectivity index (χ0n) is 18.4. The predicted molar refractivity (Wildman–Crippen MR) is 127 cm³/mol. The molecular formula is C26H34ClN3O. The van der Waals surface area contributed by atoms with Crippen molar-refractivity contribution in [3.8, 4) is 0 Å². The van der Waals surface area contributed by atoms with Gasteiger partial charge in [0.1, 0.15) is 0 Å². The highest BCUT2D eigenvalue weighted by Gasteiger charge is 2.26. The molecule has 0 bridgehead atoms. The summed E-state index contributed by atoms with van der Waals surface area (Å²) in [6, 6.07) is 16.7. The van der Waals surface area contributed by atoms with Gasteiger partial charge in [-0.3, -0.25) is 14.6 Å². The van der Waals surface area contributed by atoms with Crippen molar-refractivity contribution in [1.82, 2.24) is 15.1 Å². The van der Waals surface area contributed by atoms with E-state index in [0.717, 1.165) is 49.6 Å². The first kappa shape index (κ1) is 22.3. The molecular weight excluding hydrogens is 406 g/mol. The average molecular weight is 440 g/mol. The molecule has 5 heteroatoms. The molecule has 0 saturated carbocycles. The maximum atomic E-state index is 12.9. The van der Waals surface area contributed by atoms with Crippen LogP contribution in [0.1, 0.15) is 48.8 Å². The number of amides is 1. The molecule has 4 nitrogen and oxygen atoms in total. The molecule has 0 radical (unpaired) electrons. The third-order valence-corrected chi connectivity index (χ3v) is 6.91. The van der Waals surface area contributed by atoms with Gasteiger partial charge in [0.05, 0.1) is 5.92 Å². The Morgan fingerprint density at radius 3 is 2.52 bits per heavy atom. The summed E-state index contributed by atoms with van der Waals surface area (Å²) in [4.78, 5) is 17.8. The van der Waals surface area contributed by atoms with Crippen molar-refractivity contribution in [2.75, 3.05) is 26.2 Å². The van der Waals surface area contributed by atoms with Crippen LogP contribution >= 0.6 is 11.6 Å². The number of nitrogens with zero attached hydrogens (tertiary/aromatic N) is 2. The van der Waals surface area contributed by atoms with Gasteiger partial charge in [0.25, 0.3) is 0 Å². The summed E-state index contributed by atoms with van der Waals surface area (Å²) in [7, 11) is 0. The number of halogens is 1. The molecule has 1 N–H and O–H groups in total. The quantitative estimate of drug-likeness (QED) is 0.669. The van der Waals surface area contributed by atoms with E-state index in [9.17, 15) is 4.79 Å². The minimum Gasteiger partial charge on any atom is -0.352 e. The molecule has 4 rings (SSSR count). The van der Waals surface area contributed by atoms with Gasteiger partial charge in [0.15, 0.2) is 0 Å². The second-order valence-corrected chi connectivity index (χ2v) is 9.45. The van der Waals surface area contributed by atoms with Gasteiger partial charge in [-0.25, -0.2) is 0 Å². The van der Waals surface area contributed by atoms with E-state index in [1.54, 1.807) is 0 Å². The van der Waals surface area contributed by atoms with Gasteiger partial charge in [-0.2, -0.15) is 0 Å². The number of rotatable bonds is 7. The van der Waals surface area contributed by atoms with Crippen LogP contribution in [-0.4, -0.2) is 41.9 Å². The summed E-state index contributed by atoms with van der Waals surface area (Å²) >= 11 is 6.33. The number of benzene rings is 2. The Morgan fingerprint density at radius 1 is 0.903 bits per heavy atom. The van der Waals surface area contributed by atoms with E-state index in [4.69, 9.17) is 11.6 Å². The first-order valence-corrected chi connectivity index (χ1v) is 12.1. The van der Waals surface area contributed by atoms with Crippen LogP contribution in [0.5, 0.6) is 0 Å². The van der Waals surface area contributed by atoms with Crippen LogP contribution in [0.4, 0.5) is 0 Å². The maximum absolute atomic E-state index is 12.9. The van der Waals surface area contributed by atoms with Gasteiger partial charge < -0.3 is 5.32 Å². The summed E-state index contributed by atoms with van der Waals surface area (Å²) in [6.45, 7) is 6.65. The molecule has 0 unspecified atom stereocenters. The number of carbonyl (C=O) groups excluding carboxylic acids is 1. The molecule has 2 aliphatic heterocycles. The lowest BCUT2D eigenvalue weighted by Gasteiger charge is -2.32. The van der Waals surface area contributed by atoms with Crippen molar-refractivity contribution in [3.63, 3.8) is 0 Å². The van der Waals surface area contributed by atoms with Crippen molar-refractivity contribution in [3.05, 3.63) is 70.2 Å². The number of nitrogens with one attached hydrogen (secondary N) is 1. The fourth-order valence-corrected chi connectivity index (χ4v) is 5.02. The van der Waals surface area contributed by atoms with Crippen LogP contribution < -0.4 is 5.32 Å². The van der Waals surface area contributed by atoms with Crippen molar-refractivity contribution in [2.45, 2.75) is 51.7 Å².